The van der Waals surface area contributed by atoms with E-state index in [1.165, 1.54) is 16.3 Å². The van der Waals surface area contributed by atoms with Gasteiger partial charge in [0, 0.05) is 17.8 Å². The van der Waals surface area contributed by atoms with Crippen molar-refractivity contribution in [1.82, 2.24) is 4.98 Å². The first kappa shape index (κ1) is 11.5. The molecule has 0 saturated heterocycles. The molecule has 16 heavy (non-hydrogen) atoms. The molecule has 0 aliphatic heterocycles. The molecule has 0 aliphatic rings. The summed E-state index contributed by atoms with van der Waals surface area (Å²) >= 11 is 4.34. The number of nitrogens with zero attached hydrogens (tertiary/aromatic N) is 1. The van der Waals surface area contributed by atoms with Crippen LogP contribution in [0.4, 0.5) is 0 Å². The minimum atomic E-state index is 0.157. The first-order chi connectivity index (χ1) is 7.65. The van der Waals surface area contributed by atoms with E-state index < -0.39 is 0 Å². The van der Waals surface area contributed by atoms with Gasteiger partial charge in [0.15, 0.2) is 0 Å². The third-order valence-corrected chi connectivity index (χ3v) is 3.37. The maximum absolute atomic E-state index is 4.34. The quantitative estimate of drug-likeness (QED) is 0.792. The van der Waals surface area contributed by atoms with E-state index in [2.05, 4.69) is 55.7 Å². The molecule has 2 heteroatoms. The van der Waals surface area contributed by atoms with Crippen molar-refractivity contribution in [2.24, 2.45) is 0 Å². The number of hydrogen-bond donors (Lipinski definition) is 1. The summed E-state index contributed by atoms with van der Waals surface area (Å²) in [5.41, 5.74) is 1.52. The standard InChI is InChI=1S/C14H17NS/c1-14(2,7-9-16)13-5-3-4-11-6-8-15-10-12(11)13/h3-6,8,10,16H,7,9H2,1-2H3. The van der Waals surface area contributed by atoms with Gasteiger partial charge in [0.05, 0.1) is 0 Å². The van der Waals surface area contributed by atoms with Crippen LogP contribution in [0.25, 0.3) is 10.8 Å². The Morgan fingerprint density at radius 3 is 2.81 bits per heavy atom. The van der Waals surface area contributed by atoms with Crippen molar-refractivity contribution < 1.29 is 0 Å². The maximum Gasteiger partial charge on any atom is 0.0349 e. The van der Waals surface area contributed by atoms with Crippen LogP contribution in [-0.4, -0.2) is 10.7 Å². The molecule has 0 bridgehead atoms. The van der Waals surface area contributed by atoms with Crippen molar-refractivity contribution >= 4 is 23.4 Å². The molecule has 0 fully saturated rings. The zero-order valence-electron chi connectivity index (χ0n) is 9.77. The van der Waals surface area contributed by atoms with Crippen LogP contribution in [0.2, 0.25) is 0 Å². The van der Waals surface area contributed by atoms with E-state index in [1.807, 2.05) is 12.4 Å². The summed E-state index contributed by atoms with van der Waals surface area (Å²) in [6.07, 6.45) is 4.88. The van der Waals surface area contributed by atoms with Crippen LogP contribution in [-0.2, 0) is 5.41 Å². The molecule has 0 atom stereocenters. The largest absolute Gasteiger partial charge is 0.264 e. The van der Waals surface area contributed by atoms with E-state index >= 15 is 0 Å². The highest BCUT2D eigenvalue weighted by Crippen LogP contribution is 2.32. The first-order valence-electron chi connectivity index (χ1n) is 5.59. The van der Waals surface area contributed by atoms with E-state index in [-0.39, 0.29) is 5.41 Å². The summed E-state index contributed by atoms with van der Waals surface area (Å²) < 4.78 is 0. The molecule has 0 spiro atoms. The molecule has 0 saturated carbocycles. The fourth-order valence-electron chi connectivity index (χ4n) is 2.12. The second-order valence-electron chi connectivity index (χ2n) is 4.76. The van der Waals surface area contributed by atoms with Gasteiger partial charge in [-0.1, -0.05) is 32.0 Å². The lowest BCUT2D eigenvalue weighted by Gasteiger charge is -2.26. The lowest BCUT2D eigenvalue weighted by Crippen LogP contribution is -2.18. The minimum absolute atomic E-state index is 0.157. The van der Waals surface area contributed by atoms with Crippen molar-refractivity contribution in [2.75, 3.05) is 5.75 Å². The van der Waals surface area contributed by atoms with Gasteiger partial charge in [-0.3, -0.25) is 4.98 Å². The van der Waals surface area contributed by atoms with Crippen molar-refractivity contribution in [3.8, 4) is 0 Å². The van der Waals surface area contributed by atoms with Crippen LogP contribution in [0.3, 0.4) is 0 Å². The number of fused-ring (bicyclic) bond motifs is 1. The number of thiol groups is 1. The number of pyridine rings is 1. The molecule has 0 amide bonds. The molecule has 1 nitrogen and oxygen atoms in total. The van der Waals surface area contributed by atoms with Gasteiger partial charge in [-0.25, -0.2) is 0 Å². The van der Waals surface area contributed by atoms with Crippen molar-refractivity contribution in [3.63, 3.8) is 0 Å². The Bertz CT molecular complexity index is 486. The molecule has 2 rings (SSSR count). The number of aromatic nitrogens is 1. The van der Waals surface area contributed by atoms with E-state index in [0.717, 1.165) is 12.2 Å². The topological polar surface area (TPSA) is 12.9 Å². The molecule has 84 valence electrons. The minimum Gasteiger partial charge on any atom is -0.264 e. The van der Waals surface area contributed by atoms with E-state index in [1.54, 1.807) is 0 Å². The maximum atomic E-state index is 4.34. The highest BCUT2D eigenvalue weighted by atomic mass is 32.1. The Hall–Kier alpha value is -1.02. The fraction of sp³-hybridized carbons (Fsp3) is 0.357. The predicted octanol–water partition coefficient (Wildman–Crippen LogP) is 3.83. The zero-order chi connectivity index (χ0) is 11.6. The third-order valence-electron chi connectivity index (χ3n) is 3.15. The average Bonchev–Trinajstić information content (AvgIpc) is 2.28. The average molecular weight is 231 g/mol. The molecular weight excluding hydrogens is 214 g/mol. The van der Waals surface area contributed by atoms with E-state index in [0.29, 0.717) is 0 Å². The highest BCUT2D eigenvalue weighted by molar-refractivity contribution is 7.80. The van der Waals surface area contributed by atoms with Gasteiger partial charge in [-0.05, 0) is 34.6 Å². The summed E-state index contributed by atoms with van der Waals surface area (Å²) in [6.45, 7) is 4.54. The van der Waals surface area contributed by atoms with Crippen molar-refractivity contribution in [1.29, 1.82) is 0 Å². The smallest absolute Gasteiger partial charge is 0.0349 e. The molecule has 1 aromatic carbocycles. The molecular formula is C14H17NS. The van der Waals surface area contributed by atoms with Crippen LogP contribution in [0.15, 0.2) is 36.7 Å². The van der Waals surface area contributed by atoms with Gasteiger partial charge in [0.1, 0.15) is 0 Å². The normalized spacial score (nSPS) is 11.9. The van der Waals surface area contributed by atoms with E-state index in [4.69, 9.17) is 0 Å². The number of benzene rings is 1. The van der Waals surface area contributed by atoms with Gasteiger partial charge < -0.3 is 0 Å². The van der Waals surface area contributed by atoms with Gasteiger partial charge in [-0.2, -0.15) is 12.6 Å². The molecule has 0 radical (unpaired) electrons. The third kappa shape index (κ3) is 2.07. The molecule has 2 aromatic rings. The van der Waals surface area contributed by atoms with Crippen molar-refractivity contribution in [3.05, 3.63) is 42.2 Å². The number of hydrogen-bond acceptors (Lipinski definition) is 2. The van der Waals surface area contributed by atoms with Gasteiger partial charge in [0.2, 0.25) is 0 Å². The molecule has 0 unspecified atom stereocenters. The molecule has 0 aliphatic carbocycles. The fourth-order valence-corrected chi connectivity index (χ4v) is 2.68. The Kier molecular flexibility index (Phi) is 3.20. The lowest BCUT2D eigenvalue weighted by molar-refractivity contribution is 0.516. The van der Waals surface area contributed by atoms with Crippen molar-refractivity contribution in [2.45, 2.75) is 25.7 Å². The van der Waals surface area contributed by atoms with Crippen LogP contribution in [0.5, 0.6) is 0 Å². The highest BCUT2D eigenvalue weighted by Gasteiger charge is 2.21. The SMILES string of the molecule is CC(C)(CCS)c1cccc2ccncc12. The Labute approximate surface area is 102 Å². The molecule has 1 aromatic heterocycles. The van der Waals surface area contributed by atoms with Crippen LogP contribution >= 0.6 is 12.6 Å². The second-order valence-corrected chi connectivity index (χ2v) is 5.21. The summed E-state index contributed by atoms with van der Waals surface area (Å²) in [7, 11) is 0. The molecule has 1 heterocycles. The van der Waals surface area contributed by atoms with Crippen LogP contribution in [0, 0.1) is 0 Å². The Morgan fingerprint density at radius 1 is 1.25 bits per heavy atom. The van der Waals surface area contributed by atoms with Gasteiger partial charge in [-0.15, -0.1) is 0 Å². The van der Waals surface area contributed by atoms with E-state index in [9.17, 15) is 0 Å². The summed E-state index contributed by atoms with van der Waals surface area (Å²) in [5, 5.41) is 2.52. The van der Waals surface area contributed by atoms with Gasteiger partial charge >= 0.3 is 0 Å². The summed E-state index contributed by atoms with van der Waals surface area (Å²) in [6, 6.07) is 8.53. The molecule has 0 N–H and O–H groups in total. The zero-order valence-corrected chi connectivity index (χ0v) is 10.7. The van der Waals surface area contributed by atoms with Crippen LogP contribution < -0.4 is 0 Å². The Morgan fingerprint density at radius 2 is 2.06 bits per heavy atom. The second kappa shape index (κ2) is 4.46. The monoisotopic (exact) mass is 231 g/mol. The lowest BCUT2D eigenvalue weighted by atomic mass is 9.80. The van der Waals surface area contributed by atoms with Gasteiger partial charge in [0.25, 0.3) is 0 Å². The summed E-state index contributed by atoms with van der Waals surface area (Å²) in [5.74, 6) is 0.906. The first-order valence-corrected chi connectivity index (χ1v) is 6.22. The number of rotatable bonds is 3. The summed E-state index contributed by atoms with van der Waals surface area (Å²) in [4.78, 5) is 4.23. The Balaban J connectivity index is 2.60. The predicted molar refractivity (Wildman–Crippen MR) is 73.2 cm³/mol. The van der Waals surface area contributed by atoms with Crippen LogP contribution in [0.1, 0.15) is 25.8 Å².